The van der Waals surface area contributed by atoms with E-state index in [1.165, 1.54) is 5.56 Å². The summed E-state index contributed by atoms with van der Waals surface area (Å²) in [6, 6.07) is 8.36. The Morgan fingerprint density at radius 2 is 1.62 bits per heavy atom. The Hall–Kier alpha value is -3.09. The zero-order valence-corrected chi connectivity index (χ0v) is 19.6. The summed E-state index contributed by atoms with van der Waals surface area (Å²) in [6.07, 6.45) is 4.93. The van der Waals surface area contributed by atoms with Crippen LogP contribution in [0.15, 0.2) is 41.5 Å². The smallest absolute Gasteiger partial charge is 0.259 e. The van der Waals surface area contributed by atoms with E-state index in [0.717, 1.165) is 18.5 Å². The molecule has 172 valence electrons. The van der Waals surface area contributed by atoms with Crippen LogP contribution in [0.5, 0.6) is 0 Å². The fourth-order valence-electron chi connectivity index (χ4n) is 3.78. The minimum Gasteiger partial charge on any atom is -0.368 e. The van der Waals surface area contributed by atoms with Crippen molar-refractivity contribution in [2.24, 2.45) is 0 Å². The molecule has 7 heteroatoms. The van der Waals surface area contributed by atoms with Crippen LogP contribution in [0.25, 0.3) is 0 Å². The van der Waals surface area contributed by atoms with Gasteiger partial charge in [-0.1, -0.05) is 31.0 Å². The zero-order valence-electron chi connectivity index (χ0n) is 19.6. The average Bonchev–Trinajstić information content (AvgIpc) is 2.79. The Bertz CT molecular complexity index is 1000. The highest BCUT2D eigenvalue weighted by molar-refractivity contribution is 5.99. The molecule has 1 aromatic heterocycles. The minimum absolute atomic E-state index is 0.0164. The number of pyridine rings is 1. The van der Waals surface area contributed by atoms with Crippen molar-refractivity contribution in [3.05, 3.63) is 63.6 Å². The van der Waals surface area contributed by atoms with E-state index < -0.39 is 11.3 Å². The van der Waals surface area contributed by atoms with Crippen LogP contribution in [0.4, 0.5) is 5.69 Å². The molecule has 0 atom stereocenters. The van der Waals surface area contributed by atoms with Gasteiger partial charge in [0.05, 0.1) is 0 Å². The lowest BCUT2D eigenvalue weighted by atomic mass is 10.1. The van der Waals surface area contributed by atoms with Crippen molar-refractivity contribution in [2.45, 2.75) is 46.6 Å². The number of benzene rings is 1. The van der Waals surface area contributed by atoms with Crippen molar-refractivity contribution >= 4 is 17.5 Å². The Balaban J connectivity index is 1.79. The molecule has 0 unspecified atom stereocenters. The van der Waals surface area contributed by atoms with Crippen LogP contribution < -0.4 is 15.6 Å². The van der Waals surface area contributed by atoms with Crippen LogP contribution in [0.1, 0.15) is 65.9 Å². The fraction of sp³-hybridized carbons (Fsp3) is 0.480. The lowest BCUT2D eigenvalue weighted by Crippen LogP contribution is -2.50. The maximum atomic E-state index is 13.3. The second-order valence-corrected chi connectivity index (χ2v) is 8.68. The Kier molecular flexibility index (Phi) is 7.72. The largest absolute Gasteiger partial charge is 0.368 e. The van der Waals surface area contributed by atoms with Crippen molar-refractivity contribution in [1.29, 1.82) is 0 Å². The van der Waals surface area contributed by atoms with E-state index in [0.29, 0.717) is 32.7 Å². The first-order valence-electron chi connectivity index (χ1n) is 11.5. The monoisotopic (exact) mass is 438 g/mol. The zero-order chi connectivity index (χ0) is 23.3. The number of carbonyl (C=O) groups excluding carboxylic acids is 2. The number of unbranched alkanes of at least 4 members (excludes halogenated alkanes) is 1. The van der Waals surface area contributed by atoms with Crippen LogP contribution in [-0.2, 0) is 0 Å². The number of nitrogens with zero attached hydrogens (tertiary/aromatic N) is 3. The van der Waals surface area contributed by atoms with Crippen LogP contribution in [0, 0.1) is 6.92 Å². The van der Waals surface area contributed by atoms with Gasteiger partial charge in [-0.15, -0.1) is 0 Å². The van der Waals surface area contributed by atoms with E-state index in [9.17, 15) is 14.4 Å². The van der Waals surface area contributed by atoms with Crippen molar-refractivity contribution in [3.63, 3.8) is 0 Å². The highest BCUT2D eigenvalue weighted by Gasteiger charge is 2.26. The molecule has 0 aliphatic carbocycles. The number of nitrogens with one attached hydrogen (secondary N) is 1. The molecule has 1 aromatic carbocycles. The molecule has 3 rings (SSSR count). The summed E-state index contributed by atoms with van der Waals surface area (Å²) in [4.78, 5) is 43.0. The van der Waals surface area contributed by atoms with E-state index in [-0.39, 0.29) is 23.1 Å². The van der Waals surface area contributed by atoms with Gasteiger partial charge in [-0.25, -0.2) is 0 Å². The average molecular weight is 439 g/mol. The summed E-state index contributed by atoms with van der Waals surface area (Å²) in [7, 11) is 0. The number of piperazine rings is 1. The third-order valence-electron chi connectivity index (χ3n) is 5.90. The van der Waals surface area contributed by atoms with E-state index >= 15 is 0 Å². The molecule has 2 amide bonds. The van der Waals surface area contributed by atoms with E-state index in [4.69, 9.17) is 0 Å². The standard InChI is InChI=1S/C25H34N4O3/c1-5-6-11-26-24(31)21-16-29(18(2)3)17-22(23(21)30)25(32)28-14-12-27(13-15-28)20-9-7-19(4)8-10-20/h7-10,16-18H,5-6,11-15H2,1-4H3,(H,26,31). The molecule has 1 aliphatic heterocycles. The lowest BCUT2D eigenvalue weighted by Gasteiger charge is -2.36. The molecule has 0 bridgehead atoms. The number of aryl methyl sites for hydroxylation is 1. The van der Waals surface area contributed by atoms with Gasteiger partial charge in [-0.2, -0.15) is 0 Å². The molecule has 32 heavy (non-hydrogen) atoms. The highest BCUT2D eigenvalue weighted by atomic mass is 16.2. The number of anilines is 1. The number of rotatable bonds is 7. The van der Waals surface area contributed by atoms with E-state index in [1.54, 1.807) is 21.9 Å². The minimum atomic E-state index is -0.498. The summed E-state index contributed by atoms with van der Waals surface area (Å²) in [6.45, 7) is 11.0. The predicted molar refractivity (Wildman–Crippen MR) is 128 cm³/mol. The Labute approximate surface area is 190 Å². The van der Waals surface area contributed by atoms with Crippen LogP contribution in [0.2, 0.25) is 0 Å². The molecule has 2 heterocycles. The Morgan fingerprint density at radius 1 is 1.00 bits per heavy atom. The molecule has 2 aromatic rings. The molecule has 0 radical (unpaired) electrons. The van der Waals surface area contributed by atoms with Crippen molar-refractivity contribution in [3.8, 4) is 0 Å². The molecule has 7 nitrogen and oxygen atoms in total. The van der Waals surface area contributed by atoms with E-state index in [2.05, 4.69) is 41.4 Å². The molecular weight excluding hydrogens is 404 g/mol. The maximum Gasteiger partial charge on any atom is 0.259 e. The summed E-state index contributed by atoms with van der Waals surface area (Å²) < 4.78 is 1.77. The van der Waals surface area contributed by atoms with Crippen LogP contribution >= 0.6 is 0 Å². The third-order valence-corrected chi connectivity index (χ3v) is 5.90. The third kappa shape index (κ3) is 5.39. The SMILES string of the molecule is CCCCNC(=O)c1cn(C(C)C)cc(C(=O)N2CCN(c3ccc(C)cc3)CC2)c1=O. The summed E-state index contributed by atoms with van der Waals surface area (Å²) in [5.41, 5.74) is 1.93. The van der Waals surface area contributed by atoms with Gasteiger partial charge in [-0.05, 0) is 39.3 Å². The first-order chi connectivity index (χ1) is 15.3. The van der Waals surface area contributed by atoms with Crippen molar-refractivity contribution < 1.29 is 9.59 Å². The van der Waals surface area contributed by atoms with Crippen molar-refractivity contribution in [1.82, 2.24) is 14.8 Å². The Morgan fingerprint density at radius 3 is 2.22 bits per heavy atom. The topological polar surface area (TPSA) is 74.7 Å². The van der Waals surface area contributed by atoms with Crippen LogP contribution in [0.3, 0.4) is 0 Å². The number of amides is 2. The second kappa shape index (κ2) is 10.5. The summed E-state index contributed by atoms with van der Waals surface area (Å²) >= 11 is 0. The highest BCUT2D eigenvalue weighted by Crippen LogP contribution is 2.18. The van der Waals surface area contributed by atoms with Crippen LogP contribution in [-0.4, -0.2) is 54.0 Å². The fourth-order valence-corrected chi connectivity index (χ4v) is 3.78. The summed E-state index contributed by atoms with van der Waals surface area (Å²) in [5, 5.41) is 2.80. The molecule has 0 spiro atoms. The first-order valence-corrected chi connectivity index (χ1v) is 11.5. The molecule has 1 fully saturated rings. The molecule has 1 aliphatic rings. The van der Waals surface area contributed by atoms with Gasteiger partial charge in [0.1, 0.15) is 11.1 Å². The molecule has 1 N–H and O–H groups in total. The van der Waals surface area contributed by atoms with E-state index in [1.807, 2.05) is 20.8 Å². The number of aromatic nitrogens is 1. The van der Waals surface area contributed by atoms with Gasteiger partial charge >= 0.3 is 0 Å². The maximum absolute atomic E-state index is 13.3. The van der Waals surface area contributed by atoms with Gasteiger partial charge in [-0.3, -0.25) is 14.4 Å². The predicted octanol–water partition coefficient (Wildman–Crippen LogP) is 3.23. The van der Waals surface area contributed by atoms with Gasteiger partial charge in [0.15, 0.2) is 0 Å². The molecule has 1 saturated heterocycles. The number of hydrogen-bond acceptors (Lipinski definition) is 4. The van der Waals surface area contributed by atoms with Gasteiger partial charge in [0.2, 0.25) is 5.43 Å². The quantitative estimate of drug-likeness (QED) is 0.674. The second-order valence-electron chi connectivity index (χ2n) is 8.68. The molecular formula is C25H34N4O3. The van der Waals surface area contributed by atoms with Gasteiger partial charge < -0.3 is 19.7 Å². The number of carbonyl (C=O) groups is 2. The normalized spacial score (nSPS) is 14.0. The summed E-state index contributed by atoms with van der Waals surface area (Å²) in [5.74, 6) is -0.729. The first kappa shape index (κ1) is 23.6. The van der Waals surface area contributed by atoms with Gasteiger partial charge in [0.25, 0.3) is 11.8 Å². The number of hydrogen-bond donors (Lipinski definition) is 1. The van der Waals surface area contributed by atoms with Crippen molar-refractivity contribution in [2.75, 3.05) is 37.6 Å². The van der Waals surface area contributed by atoms with Gasteiger partial charge in [0, 0.05) is 56.8 Å². The lowest BCUT2D eigenvalue weighted by molar-refractivity contribution is 0.0744. The molecule has 0 saturated carbocycles.